The van der Waals surface area contributed by atoms with E-state index >= 15 is 0 Å². The maximum Gasteiger partial charge on any atom is 0.279 e. The van der Waals surface area contributed by atoms with E-state index in [1.807, 2.05) is 6.07 Å². The summed E-state index contributed by atoms with van der Waals surface area (Å²) >= 11 is 13.4. The van der Waals surface area contributed by atoms with Gasteiger partial charge in [0.15, 0.2) is 0 Å². The minimum absolute atomic E-state index is 0.225. The third kappa shape index (κ3) is 4.09. The number of halogens is 2. The van der Waals surface area contributed by atoms with Crippen molar-refractivity contribution in [2.75, 3.05) is 0 Å². The van der Waals surface area contributed by atoms with E-state index in [0.29, 0.717) is 21.3 Å². The quantitative estimate of drug-likeness (QED) is 0.786. The van der Waals surface area contributed by atoms with Crippen molar-refractivity contribution in [2.24, 2.45) is 0 Å². The molecule has 0 atom stereocenters. The average molecular weight is 383 g/mol. The van der Waals surface area contributed by atoms with Crippen LogP contribution in [0.25, 0.3) is 0 Å². The second-order valence-corrected chi connectivity index (χ2v) is 7.63. The highest BCUT2D eigenvalue weighted by Crippen LogP contribution is 2.30. The summed E-state index contributed by atoms with van der Waals surface area (Å²) in [6.07, 6.45) is 3.94. The molecule has 1 heterocycles. The van der Waals surface area contributed by atoms with Crippen LogP contribution in [-0.2, 0) is 24.1 Å². The molecule has 3 rings (SSSR count). The normalized spacial score (nSPS) is 12.8. The monoisotopic (exact) mass is 382 g/mol. The number of benzene rings is 1. The Bertz CT molecular complexity index is 767. The molecule has 0 radical (unpaired) electrons. The number of hydrogen-bond acceptors (Lipinski definition) is 3. The predicted molar refractivity (Wildman–Crippen MR) is 96.7 cm³/mol. The zero-order valence-electron chi connectivity index (χ0n) is 12.8. The van der Waals surface area contributed by atoms with Crippen LogP contribution in [0.1, 0.15) is 38.5 Å². The molecule has 126 valence electrons. The van der Waals surface area contributed by atoms with Gasteiger partial charge in [-0.3, -0.25) is 20.4 Å². The molecular formula is C17H16Cl2N2O2S. The van der Waals surface area contributed by atoms with Crippen molar-refractivity contribution < 1.29 is 9.59 Å². The first-order valence-corrected chi connectivity index (χ1v) is 9.25. The minimum Gasteiger partial charge on any atom is -0.273 e. The van der Waals surface area contributed by atoms with Crippen LogP contribution in [0, 0.1) is 0 Å². The van der Waals surface area contributed by atoms with E-state index in [4.69, 9.17) is 23.2 Å². The molecule has 1 aliphatic rings. The first kappa shape index (κ1) is 17.3. The molecule has 2 amide bonds. The Morgan fingerprint density at radius 3 is 2.71 bits per heavy atom. The molecule has 1 aliphatic carbocycles. The van der Waals surface area contributed by atoms with Crippen LogP contribution in [0.3, 0.4) is 0 Å². The number of aryl methyl sites for hydroxylation is 3. The van der Waals surface area contributed by atoms with Gasteiger partial charge in [-0.1, -0.05) is 29.3 Å². The predicted octanol–water partition coefficient (Wildman–Crippen LogP) is 3.94. The van der Waals surface area contributed by atoms with Crippen molar-refractivity contribution in [3.63, 3.8) is 0 Å². The van der Waals surface area contributed by atoms with Crippen molar-refractivity contribution in [1.29, 1.82) is 0 Å². The van der Waals surface area contributed by atoms with E-state index in [1.54, 1.807) is 18.2 Å². The van der Waals surface area contributed by atoms with Crippen LogP contribution < -0.4 is 10.9 Å². The van der Waals surface area contributed by atoms with E-state index in [-0.39, 0.29) is 18.2 Å². The fraction of sp³-hybridized carbons (Fsp3) is 0.294. The van der Waals surface area contributed by atoms with E-state index in [0.717, 1.165) is 24.8 Å². The fourth-order valence-corrected chi connectivity index (χ4v) is 4.32. The molecule has 24 heavy (non-hydrogen) atoms. The number of thiophene rings is 1. The topological polar surface area (TPSA) is 58.2 Å². The lowest BCUT2D eigenvalue weighted by Gasteiger charge is -2.07. The number of carbonyl (C=O) groups is 2. The first-order chi connectivity index (χ1) is 11.5. The van der Waals surface area contributed by atoms with Crippen LogP contribution >= 0.6 is 34.5 Å². The number of carbonyl (C=O) groups excluding carboxylic acids is 2. The van der Waals surface area contributed by atoms with Crippen LogP contribution in [0.4, 0.5) is 0 Å². The first-order valence-electron chi connectivity index (χ1n) is 7.67. The van der Waals surface area contributed by atoms with Gasteiger partial charge < -0.3 is 0 Å². The number of hydrazine groups is 1. The highest BCUT2D eigenvalue weighted by atomic mass is 35.5. The van der Waals surface area contributed by atoms with Gasteiger partial charge >= 0.3 is 0 Å². The van der Waals surface area contributed by atoms with Crippen LogP contribution in [0.2, 0.25) is 10.0 Å². The summed E-state index contributed by atoms with van der Waals surface area (Å²) in [5, 5.41) is 1.09. The van der Waals surface area contributed by atoms with Crippen LogP contribution in [-0.4, -0.2) is 11.8 Å². The Balaban J connectivity index is 1.47. The highest BCUT2D eigenvalue weighted by Gasteiger charge is 2.18. The molecular weight excluding hydrogens is 367 g/mol. The van der Waals surface area contributed by atoms with Crippen molar-refractivity contribution >= 4 is 46.4 Å². The smallest absolute Gasteiger partial charge is 0.273 e. The molecule has 2 N–H and O–H groups in total. The molecule has 4 nitrogen and oxygen atoms in total. The molecule has 2 aromatic rings. The third-order valence-corrected chi connectivity index (χ3v) is 5.75. The summed E-state index contributed by atoms with van der Waals surface area (Å²) in [4.78, 5) is 25.9. The summed E-state index contributed by atoms with van der Waals surface area (Å²) in [6.45, 7) is 0. The molecule has 0 saturated carbocycles. The van der Waals surface area contributed by atoms with Gasteiger partial charge in [0.2, 0.25) is 5.91 Å². The Hall–Kier alpha value is -1.56. The van der Waals surface area contributed by atoms with E-state index < -0.39 is 0 Å². The zero-order chi connectivity index (χ0) is 17.1. The lowest BCUT2D eigenvalue weighted by molar-refractivity contribution is -0.121. The van der Waals surface area contributed by atoms with Gasteiger partial charge in [-0.05, 0) is 55.0 Å². The SMILES string of the molecule is O=C(CCc1ccc(Cl)cc1Cl)NNC(=O)c1cc2c(s1)CCC2. The second kappa shape index (κ2) is 7.55. The van der Waals surface area contributed by atoms with E-state index in [1.165, 1.54) is 21.8 Å². The van der Waals surface area contributed by atoms with Gasteiger partial charge in [-0.15, -0.1) is 11.3 Å². The van der Waals surface area contributed by atoms with Gasteiger partial charge in [0.05, 0.1) is 4.88 Å². The Labute approximate surface area is 154 Å². The minimum atomic E-state index is -0.271. The van der Waals surface area contributed by atoms with Gasteiger partial charge in [0.25, 0.3) is 5.91 Å². The molecule has 0 aliphatic heterocycles. The Morgan fingerprint density at radius 1 is 1.12 bits per heavy atom. The number of rotatable bonds is 4. The molecule has 0 saturated heterocycles. The fourth-order valence-electron chi connectivity index (χ4n) is 2.66. The van der Waals surface area contributed by atoms with Crippen molar-refractivity contribution in [2.45, 2.75) is 32.1 Å². The highest BCUT2D eigenvalue weighted by molar-refractivity contribution is 7.14. The molecule has 1 aromatic carbocycles. The summed E-state index contributed by atoms with van der Waals surface area (Å²) in [6, 6.07) is 7.10. The van der Waals surface area contributed by atoms with Crippen molar-refractivity contribution in [3.05, 3.63) is 55.2 Å². The maximum absolute atomic E-state index is 12.1. The van der Waals surface area contributed by atoms with Gasteiger partial charge in [-0.25, -0.2) is 0 Å². The molecule has 0 spiro atoms. The average Bonchev–Trinajstić information content (AvgIpc) is 3.13. The second-order valence-electron chi connectivity index (χ2n) is 5.65. The number of fused-ring (bicyclic) bond motifs is 1. The lowest BCUT2D eigenvalue weighted by Crippen LogP contribution is -2.41. The van der Waals surface area contributed by atoms with Gasteiger partial charge in [-0.2, -0.15) is 0 Å². The van der Waals surface area contributed by atoms with Crippen LogP contribution in [0.15, 0.2) is 24.3 Å². The summed E-state index contributed by atoms with van der Waals surface area (Å²) in [5.74, 6) is -0.536. The number of nitrogens with one attached hydrogen (secondary N) is 2. The van der Waals surface area contributed by atoms with E-state index in [2.05, 4.69) is 10.9 Å². The van der Waals surface area contributed by atoms with Crippen molar-refractivity contribution in [3.8, 4) is 0 Å². The van der Waals surface area contributed by atoms with E-state index in [9.17, 15) is 9.59 Å². The molecule has 1 aromatic heterocycles. The maximum atomic E-state index is 12.1. The van der Waals surface area contributed by atoms with Gasteiger partial charge in [0, 0.05) is 21.3 Å². The molecule has 0 unspecified atom stereocenters. The Kier molecular flexibility index (Phi) is 5.43. The summed E-state index contributed by atoms with van der Waals surface area (Å²) in [5.41, 5.74) is 7.01. The number of amides is 2. The van der Waals surface area contributed by atoms with Gasteiger partial charge in [0.1, 0.15) is 0 Å². The summed E-state index contributed by atoms with van der Waals surface area (Å²) < 4.78 is 0. The van der Waals surface area contributed by atoms with Crippen molar-refractivity contribution in [1.82, 2.24) is 10.9 Å². The summed E-state index contributed by atoms with van der Waals surface area (Å²) in [7, 11) is 0. The molecule has 0 bridgehead atoms. The number of hydrogen-bond donors (Lipinski definition) is 2. The lowest BCUT2D eigenvalue weighted by atomic mass is 10.1. The Morgan fingerprint density at radius 2 is 1.96 bits per heavy atom. The third-order valence-electron chi connectivity index (χ3n) is 3.92. The molecule has 0 fully saturated rings. The van der Waals surface area contributed by atoms with Crippen LogP contribution in [0.5, 0.6) is 0 Å². The molecule has 7 heteroatoms. The largest absolute Gasteiger partial charge is 0.279 e. The zero-order valence-corrected chi connectivity index (χ0v) is 15.2. The standard InChI is InChI=1S/C17H16Cl2N2O2S/c18-12-6-4-10(13(19)9-12)5-7-16(22)20-21-17(23)15-8-11-2-1-3-14(11)24-15/h4,6,8-9H,1-3,5,7H2,(H,20,22)(H,21,23).